The molecular formula is C20H18N4OS. The van der Waals surface area contributed by atoms with Crippen LogP contribution in [0.25, 0.3) is 11.3 Å². The topological polar surface area (TPSA) is 59.3 Å². The number of benzene rings is 2. The van der Waals surface area contributed by atoms with E-state index in [2.05, 4.69) is 12.2 Å². The molecule has 130 valence electrons. The largest absolute Gasteiger partial charge is 0.326 e. The van der Waals surface area contributed by atoms with E-state index in [-0.39, 0.29) is 11.2 Å². The van der Waals surface area contributed by atoms with Gasteiger partial charge in [-0.15, -0.1) is 0 Å². The number of thioether (sulfide) groups is 1. The Morgan fingerprint density at radius 3 is 2.50 bits per heavy atom. The number of carbonyl (C=O) groups is 1. The Hall–Kier alpha value is -2.86. The minimum absolute atomic E-state index is 0.0758. The van der Waals surface area contributed by atoms with Gasteiger partial charge in [0, 0.05) is 18.2 Å². The van der Waals surface area contributed by atoms with Crippen molar-refractivity contribution in [3.05, 3.63) is 66.4 Å². The average molecular weight is 362 g/mol. The fourth-order valence-electron chi connectivity index (χ4n) is 2.89. The Kier molecular flexibility index (Phi) is 4.34. The van der Waals surface area contributed by atoms with Crippen molar-refractivity contribution in [3.8, 4) is 11.3 Å². The van der Waals surface area contributed by atoms with E-state index in [4.69, 9.17) is 10.1 Å². The summed E-state index contributed by atoms with van der Waals surface area (Å²) in [6.07, 6.45) is 1.97. The van der Waals surface area contributed by atoms with Gasteiger partial charge in [-0.2, -0.15) is 5.10 Å². The molecule has 0 saturated carbocycles. The number of amides is 1. The Bertz CT molecular complexity index is 977. The van der Waals surface area contributed by atoms with E-state index in [0.717, 1.165) is 33.4 Å². The smallest absolute Gasteiger partial charge is 0.221 e. The summed E-state index contributed by atoms with van der Waals surface area (Å²) in [6, 6.07) is 17.9. The molecule has 1 atom stereocenters. The van der Waals surface area contributed by atoms with Crippen molar-refractivity contribution in [1.82, 2.24) is 9.66 Å². The van der Waals surface area contributed by atoms with Gasteiger partial charge >= 0.3 is 0 Å². The van der Waals surface area contributed by atoms with Crippen LogP contribution in [-0.4, -0.2) is 26.5 Å². The molecular weight excluding hydrogens is 344 g/mol. The van der Waals surface area contributed by atoms with Gasteiger partial charge in [0.05, 0.1) is 22.9 Å². The number of fused-ring (bicyclic) bond motifs is 1. The summed E-state index contributed by atoms with van der Waals surface area (Å²) in [7, 11) is 0. The van der Waals surface area contributed by atoms with Gasteiger partial charge < -0.3 is 5.32 Å². The normalized spacial score (nSPS) is 15.9. The molecule has 3 aromatic rings. The van der Waals surface area contributed by atoms with Crippen LogP contribution in [0.5, 0.6) is 0 Å². The van der Waals surface area contributed by atoms with Crippen LogP contribution in [0.15, 0.2) is 71.1 Å². The van der Waals surface area contributed by atoms with Crippen LogP contribution in [0.3, 0.4) is 0 Å². The van der Waals surface area contributed by atoms with E-state index in [9.17, 15) is 4.79 Å². The molecule has 6 heteroatoms. The quantitative estimate of drug-likeness (QED) is 0.757. The Labute approximate surface area is 156 Å². The molecule has 0 aliphatic carbocycles. The standard InChI is InChI=1S/C20H18N4OS/c1-13-19(16-8-10-17(11-9-16)21-14(2)25)23-24-12-18(22-20(24)26-13)15-6-4-3-5-7-15/h3-13H,1-2H3,(H,21,25). The second-order valence-corrected chi connectivity index (χ2v) is 7.43. The number of aromatic nitrogens is 2. The zero-order chi connectivity index (χ0) is 18.1. The minimum Gasteiger partial charge on any atom is -0.326 e. The zero-order valence-electron chi connectivity index (χ0n) is 14.5. The molecule has 0 spiro atoms. The molecule has 2 heterocycles. The maximum atomic E-state index is 11.2. The number of nitrogens with zero attached hydrogens (tertiary/aromatic N) is 3. The third-order valence-corrected chi connectivity index (χ3v) is 5.18. The fourth-order valence-corrected chi connectivity index (χ4v) is 3.85. The van der Waals surface area contributed by atoms with Crippen molar-refractivity contribution in [3.63, 3.8) is 0 Å². The van der Waals surface area contributed by atoms with Crippen LogP contribution in [0.4, 0.5) is 5.69 Å². The lowest BCUT2D eigenvalue weighted by Crippen LogP contribution is -2.21. The number of hydrogen-bond acceptors (Lipinski definition) is 4. The molecule has 0 bridgehead atoms. The van der Waals surface area contributed by atoms with E-state index in [0.29, 0.717) is 0 Å². The van der Waals surface area contributed by atoms with E-state index in [1.165, 1.54) is 6.92 Å². The molecule has 0 radical (unpaired) electrons. The fraction of sp³-hybridized carbons (Fsp3) is 0.150. The summed E-state index contributed by atoms with van der Waals surface area (Å²) in [5, 5.41) is 8.67. The number of anilines is 1. The maximum absolute atomic E-state index is 11.2. The highest BCUT2D eigenvalue weighted by Gasteiger charge is 2.24. The molecule has 1 aromatic heterocycles. The number of nitrogens with one attached hydrogen (secondary N) is 1. The molecule has 1 N–H and O–H groups in total. The van der Waals surface area contributed by atoms with Crippen LogP contribution < -0.4 is 5.32 Å². The molecule has 2 aromatic carbocycles. The summed E-state index contributed by atoms with van der Waals surface area (Å²) in [4.78, 5) is 15.9. The predicted molar refractivity (Wildman–Crippen MR) is 106 cm³/mol. The average Bonchev–Trinajstić information content (AvgIpc) is 3.05. The summed E-state index contributed by atoms with van der Waals surface area (Å²) in [5.41, 5.74) is 4.83. The van der Waals surface area contributed by atoms with Crippen molar-refractivity contribution >= 4 is 29.1 Å². The lowest BCUT2D eigenvalue weighted by Gasteiger charge is -2.19. The third kappa shape index (κ3) is 3.28. The van der Waals surface area contributed by atoms with Gasteiger partial charge in [0.2, 0.25) is 5.91 Å². The van der Waals surface area contributed by atoms with Crippen LogP contribution in [0.1, 0.15) is 19.4 Å². The van der Waals surface area contributed by atoms with E-state index in [1.807, 2.05) is 65.5 Å². The van der Waals surface area contributed by atoms with Crippen molar-refractivity contribution in [1.29, 1.82) is 0 Å². The Morgan fingerprint density at radius 2 is 1.81 bits per heavy atom. The second-order valence-electron chi connectivity index (χ2n) is 6.12. The molecule has 0 saturated heterocycles. The van der Waals surface area contributed by atoms with Crippen LogP contribution in [0, 0.1) is 0 Å². The van der Waals surface area contributed by atoms with Gasteiger partial charge in [-0.3, -0.25) is 4.79 Å². The third-order valence-electron chi connectivity index (χ3n) is 4.11. The number of rotatable bonds is 3. The first-order valence-corrected chi connectivity index (χ1v) is 9.26. The second kappa shape index (κ2) is 6.80. The molecule has 0 fully saturated rings. The summed E-state index contributed by atoms with van der Waals surface area (Å²) in [6.45, 7) is 3.63. The monoisotopic (exact) mass is 362 g/mol. The minimum atomic E-state index is -0.0758. The highest BCUT2D eigenvalue weighted by molar-refractivity contribution is 8.00. The first kappa shape index (κ1) is 16.6. The van der Waals surface area contributed by atoms with E-state index < -0.39 is 0 Å². The molecule has 1 amide bonds. The number of imidazole rings is 1. The van der Waals surface area contributed by atoms with E-state index >= 15 is 0 Å². The summed E-state index contributed by atoms with van der Waals surface area (Å²) in [5.74, 6) is -0.0758. The Balaban J connectivity index is 1.66. The van der Waals surface area contributed by atoms with Gasteiger partial charge in [0.15, 0.2) is 5.16 Å². The highest BCUT2D eigenvalue weighted by Crippen LogP contribution is 2.32. The highest BCUT2D eigenvalue weighted by atomic mass is 32.2. The first-order chi connectivity index (χ1) is 12.6. The number of hydrogen-bond donors (Lipinski definition) is 1. The van der Waals surface area contributed by atoms with Crippen LogP contribution in [-0.2, 0) is 4.79 Å². The van der Waals surface area contributed by atoms with Crippen molar-refractivity contribution in [2.45, 2.75) is 24.3 Å². The summed E-state index contributed by atoms with van der Waals surface area (Å²) >= 11 is 1.70. The molecule has 1 aliphatic heterocycles. The van der Waals surface area contributed by atoms with Crippen LogP contribution >= 0.6 is 11.8 Å². The van der Waals surface area contributed by atoms with Gasteiger partial charge in [-0.25, -0.2) is 9.66 Å². The molecule has 5 nitrogen and oxygen atoms in total. The van der Waals surface area contributed by atoms with Gasteiger partial charge in [-0.05, 0) is 24.6 Å². The zero-order valence-corrected chi connectivity index (χ0v) is 15.3. The molecule has 26 heavy (non-hydrogen) atoms. The molecule has 1 unspecified atom stereocenters. The van der Waals surface area contributed by atoms with Gasteiger partial charge in [0.1, 0.15) is 0 Å². The number of carbonyl (C=O) groups excluding carboxylic acids is 1. The van der Waals surface area contributed by atoms with Gasteiger partial charge in [-0.1, -0.05) is 54.2 Å². The van der Waals surface area contributed by atoms with Crippen molar-refractivity contribution in [2.24, 2.45) is 5.10 Å². The lowest BCUT2D eigenvalue weighted by atomic mass is 10.1. The van der Waals surface area contributed by atoms with Crippen molar-refractivity contribution < 1.29 is 4.79 Å². The van der Waals surface area contributed by atoms with Crippen LogP contribution in [0.2, 0.25) is 0 Å². The lowest BCUT2D eigenvalue weighted by molar-refractivity contribution is -0.114. The molecule has 1 aliphatic rings. The van der Waals surface area contributed by atoms with Crippen molar-refractivity contribution in [2.75, 3.05) is 5.32 Å². The SMILES string of the molecule is CC(=O)Nc1ccc(C2=Nn3cc(-c4ccccc4)nc3SC2C)cc1. The maximum Gasteiger partial charge on any atom is 0.221 e. The summed E-state index contributed by atoms with van der Waals surface area (Å²) < 4.78 is 1.85. The Morgan fingerprint density at radius 1 is 1.08 bits per heavy atom. The van der Waals surface area contributed by atoms with Gasteiger partial charge in [0.25, 0.3) is 0 Å². The van der Waals surface area contributed by atoms with E-state index in [1.54, 1.807) is 11.8 Å². The predicted octanol–water partition coefficient (Wildman–Crippen LogP) is 4.26. The first-order valence-electron chi connectivity index (χ1n) is 8.38. The molecule has 4 rings (SSSR count).